The number of likely N-dealkylation sites (tertiary alicyclic amines) is 1. The Morgan fingerprint density at radius 3 is 2.46 bits per heavy atom. The summed E-state index contributed by atoms with van der Waals surface area (Å²) >= 11 is 3.45. The Hall–Kier alpha value is -2.15. The number of rotatable bonds is 5. The van der Waals surface area contributed by atoms with Gasteiger partial charge in [-0.2, -0.15) is 0 Å². The van der Waals surface area contributed by atoms with Gasteiger partial charge in [0.25, 0.3) is 5.91 Å². The van der Waals surface area contributed by atoms with Crippen LogP contribution in [0.1, 0.15) is 25.3 Å². The fourth-order valence-corrected chi connectivity index (χ4v) is 3.73. The molecule has 1 aliphatic heterocycles. The summed E-state index contributed by atoms with van der Waals surface area (Å²) in [5, 5.41) is 0. The number of carbonyl (C=O) groups excluding carboxylic acids is 1. The number of hydrogen-bond acceptors (Lipinski definition) is 3. The van der Waals surface area contributed by atoms with E-state index < -0.39 is 17.7 Å². The number of hydrogen-bond donors (Lipinski definition) is 0. The number of benzene rings is 2. The first-order valence-electron chi connectivity index (χ1n) is 9.17. The molecular formula is C21H22BrF2NO3. The number of aryl methyl sites for hydroxylation is 1. The van der Waals surface area contributed by atoms with Gasteiger partial charge < -0.3 is 14.4 Å². The maximum absolute atomic E-state index is 13.7. The highest BCUT2D eigenvalue weighted by Gasteiger charge is 2.28. The van der Waals surface area contributed by atoms with Gasteiger partial charge in [0.2, 0.25) is 0 Å². The number of carbonyl (C=O) groups is 1. The van der Waals surface area contributed by atoms with Crippen LogP contribution in [0.2, 0.25) is 0 Å². The Morgan fingerprint density at radius 2 is 1.82 bits per heavy atom. The molecule has 1 unspecified atom stereocenters. The van der Waals surface area contributed by atoms with Gasteiger partial charge in [-0.15, -0.1) is 0 Å². The van der Waals surface area contributed by atoms with Crippen LogP contribution in [-0.2, 0) is 4.79 Å². The lowest BCUT2D eigenvalue weighted by molar-refractivity contribution is -0.139. The van der Waals surface area contributed by atoms with Crippen molar-refractivity contribution < 1.29 is 23.0 Å². The lowest BCUT2D eigenvalue weighted by Crippen LogP contribution is -2.46. The van der Waals surface area contributed by atoms with Crippen LogP contribution in [-0.4, -0.2) is 36.1 Å². The number of ether oxygens (including phenoxy) is 2. The molecule has 1 aliphatic rings. The van der Waals surface area contributed by atoms with Gasteiger partial charge >= 0.3 is 0 Å². The van der Waals surface area contributed by atoms with Crippen LogP contribution < -0.4 is 9.47 Å². The van der Waals surface area contributed by atoms with E-state index in [1.807, 2.05) is 25.1 Å². The molecule has 1 atom stereocenters. The lowest BCUT2D eigenvalue weighted by Gasteiger charge is -2.33. The van der Waals surface area contributed by atoms with E-state index in [0.717, 1.165) is 16.1 Å². The zero-order chi connectivity index (χ0) is 20.3. The van der Waals surface area contributed by atoms with E-state index in [4.69, 9.17) is 9.47 Å². The molecule has 150 valence electrons. The Kier molecular flexibility index (Phi) is 6.54. The molecule has 1 fully saturated rings. The number of halogens is 3. The summed E-state index contributed by atoms with van der Waals surface area (Å²) in [4.78, 5) is 14.4. The van der Waals surface area contributed by atoms with Crippen molar-refractivity contribution in [3.8, 4) is 11.5 Å². The second-order valence-corrected chi connectivity index (χ2v) is 7.77. The Labute approximate surface area is 171 Å². The van der Waals surface area contributed by atoms with E-state index in [1.54, 1.807) is 11.8 Å². The van der Waals surface area contributed by atoms with Crippen LogP contribution >= 0.6 is 15.9 Å². The predicted molar refractivity (Wildman–Crippen MR) is 106 cm³/mol. The SMILES string of the molecule is Cc1ccc(OC(C)C(=O)N2CCC(Oc3ccc(F)cc3F)CC2)c(Br)c1. The minimum absolute atomic E-state index is 0.0344. The molecule has 0 radical (unpaired) electrons. The van der Waals surface area contributed by atoms with E-state index in [1.165, 1.54) is 12.1 Å². The van der Waals surface area contributed by atoms with Gasteiger partial charge in [-0.3, -0.25) is 4.79 Å². The van der Waals surface area contributed by atoms with Crippen molar-refractivity contribution in [3.05, 3.63) is 58.1 Å². The molecule has 2 aromatic rings. The molecule has 0 spiro atoms. The predicted octanol–water partition coefficient (Wildman–Crippen LogP) is 4.87. The summed E-state index contributed by atoms with van der Waals surface area (Å²) in [6.07, 6.45) is 0.310. The molecule has 0 aliphatic carbocycles. The van der Waals surface area contributed by atoms with Gasteiger partial charge in [-0.1, -0.05) is 6.07 Å². The largest absolute Gasteiger partial charge is 0.487 e. The van der Waals surface area contributed by atoms with Crippen molar-refractivity contribution >= 4 is 21.8 Å². The Balaban J connectivity index is 1.52. The molecule has 1 saturated heterocycles. The first-order chi connectivity index (χ1) is 13.3. The molecular weight excluding hydrogens is 432 g/mol. The highest BCUT2D eigenvalue weighted by molar-refractivity contribution is 9.10. The van der Waals surface area contributed by atoms with Crippen LogP contribution in [0, 0.1) is 18.6 Å². The summed E-state index contributed by atoms with van der Waals surface area (Å²) in [6, 6.07) is 8.95. The molecule has 7 heteroatoms. The van der Waals surface area contributed by atoms with Crippen LogP contribution in [0.15, 0.2) is 40.9 Å². The molecule has 0 N–H and O–H groups in total. The molecule has 4 nitrogen and oxygen atoms in total. The van der Waals surface area contributed by atoms with Crippen molar-refractivity contribution in [2.45, 2.75) is 38.9 Å². The summed E-state index contributed by atoms with van der Waals surface area (Å²) in [5.41, 5.74) is 1.10. The van der Waals surface area contributed by atoms with Gasteiger partial charge in [-0.25, -0.2) is 8.78 Å². The fraction of sp³-hybridized carbons (Fsp3) is 0.381. The minimum Gasteiger partial charge on any atom is -0.487 e. The monoisotopic (exact) mass is 453 g/mol. The zero-order valence-corrected chi connectivity index (χ0v) is 17.3. The van der Waals surface area contributed by atoms with Gasteiger partial charge in [0.05, 0.1) is 4.47 Å². The summed E-state index contributed by atoms with van der Waals surface area (Å²) in [6.45, 7) is 4.70. The van der Waals surface area contributed by atoms with Crippen molar-refractivity contribution in [2.24, 2.45) is 0 Å². The zero-order valence-electron chi connectivity index (χ0n) is 15.8. The number of amides is 1. The molecule has 28 heavy (non-hydrogen) atoms. The molecule has 0 saturated carbocycles. The van der Waals surface area contributed by atoms with Crippen LogP contribution in [0.4, 0.5) is 8.78 Å². The van der Waals surface area contributed by atoms with Crippen molar-refractivity contribution in [1.29, 1.82) is 0 Å². The fourth-order valence-electron chi connectivity index (χ4n) is 3.14. The number of nitrogens with zero attached hydrogens (tertiary/aromatic N) is 1. The van der Waals surface area contributed by atoms with E-state index >= 15 is 0 Å². The number of piperidine rings is 1. The second-order valence-electron chi connectivity index (χ2n) is 6.91. The molecule has 0 bridgehead atoms. The highest BCUT2D eigenvalue weighted by Crippen LogP contribution is 2.27. The van der Waals surface area contributed by atoms with Crippen LogP contribution in [0.5, 0.6) is 11.5 Å². The average molecular weight is 454 g/mol. The van der Waals surface area contributed by atoms with Gasteiger partial charge in [-0.05, 0) is 59.6 Å². The third-order valence-corrected chi connectivity index (χ3v) is 5.30. The Bertz CT molecular complexity index is 854. The first kappa shape index (κ1) is 20.6. The molecule has 0 aromatic heterocycles. The first-order valence-corrected chi connectivity index (χ1v) is 9.96. The van der Waals surface area contributed by atoms with Gasteiger partial charge in [0.1, 0.15) is 17.7 Å². The molecule has 2 aromatic carbocycles. The summed E-state index contributed by atoms with van der Waals surface area (Å²) in [5.74, 6) is -0.800. The third-order valence-electron chi connectivity index (χ3n) is 4.68. The Morgan fingerprint density at radius 1 is 1.14 bits per heavy atom. The van der Waals surface area contributed by atoms with E-state index in [0.29, 0.717) is 31.7 Å². The van der Waals surface area contributed by atoms with Crippen molar-refractivity contribution in [2.75, 3.05) is 13.1 Å². The third kappa shape index (κ3) is 5.01. The smallest absolute Gasteiger partial charge is 0.263 e. The minimum atomic E-state index is -0.718. The highest BCUT2D eigenvalue weighted by atomic mass is 79.9. The lowest BCUT2D eigenvalue weighted by atomic mass is 10.1. The maximum atomic E-state index is 13.7. The van der Waals surface area contributed by atoms with Crippen LogP contribution in [0.3, 0.4) is 0 Å². The quantitative estimate of drug-likeness (QED) is 0.647. The molecule has 1 heterocycles. The summed E-state index contributed by atoms with van der Waals surface area (Å²) in [7, 11) is 0. The summed E-state index contributed by atoms with van der Waals surface area (Å²) < 4.78 is 39.0. The second kappa shape index (κ2) is 8.90. The van der Waals surface area contributed by atoms with E-state index in [2.05, 4.69) is 15.9 Å². The molecule has 1 amide bonds. The normalized spacial score (nSPS) is 16.0. The van der Waals surface area contributed by atoms with Crippen molar-refractivity contribution in [3.63, 3.8) is 0 Å². The van der Waals surface area contributed by atoms with E-state index in [9.17, 15) is 13.6 Å². The van der Waals surface area contributed by atoms with E-state index in [-0.39, 0.29) is 17.8 Å². The maximum Gasteiger partial charge on any atom is 0.263 e. The van der Waals surface area contributed by atoms with Gasteiger partial charge in [0, 0.05) is 32.0 Å². The average Bonchev–Trinajstić information content (AvgIpc) is 2.66. The molecule has 3 rings (SSSR count). The topological polar surface area (TPSA) is 38.8 Å². The van der Waals surface area contributed by atoms with Crippen LogP contribution in [0.25, 0.3) is 0 Å². The van der Waals surface area contributed by atoms with Gasteiger partial charge in [0.15, 0.2) is 17.7 Å². The standard InChI is InChI=1S/C21H22BrF2NO3/c1-13-3-5-19(17(22)11-13)27-14(2)21(26)25-9-7-16(8-10-25)28-20-6-4-15(23)12-18(20)24/h3-6,11-12,14,16H,7-10H2,1-2H3. The van der Waals surface area contributed by atoms with Crippen molar-refractivity contribution in [1.82, 2.24) is 4.90 Å².